The van der Waals surface area contributed by atoms with E-state index in [-0.39, 0.29) is 12.6 Å². The van der Waals surface area contributed by atoms with Crippen LogP contribution in [-0.4, -0.2) is 341 Å². The molecule has 0 atom stereocenters. The topological polar surface area (TPSA) is 260 Å². The zero-order chi connectivity index (χ0) is 74.3. The van der Waals surface area contributed by atoms with Gasteiger partial charge in [-0.2, -0.15) is 0 Å². The minimum atomic E-state index is -0.381. The van der Waals surface area contributed by atoms with Crippen LogP contribution in [0.3, 0.4) is 0 Å². The highest BCUT2D eigenvalue weighted by atomic mass is 16.6. The molecule has 0 aliphatic carbocycles. The zero-order valence-electron chi connectivity index (χ0n) is 62.9. The predicted molar refractivity (Wildman–Crippen MR) is 394 cm³/mol. The van der Waals surface area contributed by atoms with E-state index in [0.717, 1.165) is 25.2 Å². The number of esters is 1. The number of hydrogen-bond donors (Lipinski definition) is 0. The van der Waals surface area contributed by atoms with Crippen molar-refractivity contribution in [2.45, 2.75) is 19.7 Å². The molecule has 0 heterocycles. The van der Waals surface area contributed by atoms with Gasteiger partial charge in [-0.05, 0) is 41.0 Å². The number of hydrogen-bond acceptors (Lipinski definition) is 28. The van der Waals surface area contributed by atoms with Crippen LogP contribution < -0.4 is 4.74 Å². The van der Waals surface area contributed by atoms with Crippen molar-refractivity contribution in [2.24, 2.45) is 0 Å². The Bertz CT molecular complexity index is 2380. The molecule has 0 fully saturated rings. The monoisotopic (exact) mass is 1510 g/mol. The van der Waals surface area contributed by atoms with Gasteiger partial charge in [0.15, 0.2) is 0 Å². The number of nitrogens with zero attached hydrogens (tertiary/aromatic N) is 1. The van der Waals surface area contributed by atoms with Gasteiger partial charge in [-0.25, -0.2) is 4.79 Å². The molecule has 0 radical (unpaired) electrons. The summed E-state index contributed by atoms with van der Waals surface area (Å²) >= 11 is 0. The second-order valence-electron chi connectivity index (χ2n) is 22.8. The molecule has 0 saturated carbocycles. The van der Waals surface area contributed by atoms with E-state index in [1.54, 1.807) is 24.3 Å². The number of carbonyl (C=O) groups excluding carboxylic acids is 1. The van der Waals surface area contributed by atoms with E-state index in [0.29, 0.717) is 335 Å². The second-order valence-corrected chi connectivity index (χ2v) is 22.8. The quantitative estimate of drug-likeness (QED) is 0.0336. The summed E-state index contributed by atoms with van der Waals surface area (Å²) in [5, 5.41) is 0. The summed E-state index contributed by atoms with van der Waals surface area (Å²) in [6.45, 7) is 26.5. The van der Waals surface area contributed by atoms with Crippen molar-refractivity contribution in [1.82, 2.24) is 4.90 Å². The van der Waals surface area contributed by atoms with Crippen LogP contribution in [0.15, 0.2) is 115 Å². The van der Waals surface area contributed by atoms with Crippen LogP contribution in [0, 0.1) is 0 Å². The smallest absolute Gasteiger partial charge is 0.338 e. The van der Waals surface area contributed by atoms with Crippen LogP contribution in [0.1, 0.15) is 27.0 Å². The lowest BCUT2D eigenvalue weighted by atomic mass is 10.1. The summed E-state index contributed by atoms with van der Waals surface area (Å²) in [4.78, 5) is 14.7. The molecule has 0 amide bonds. The van der Waals surface area contributed by atoms with Crippen molar-refractivity contribution in [3.8, 4) is 5.75 Å². The Morgan fingerprint density at radius 1 is 0.208 bits per heavy atom. The third-order valence-electron chi connectivity index (χ3n) is 14.4. The van der Waals surface area contributed by atoms with Gasteiger partial charge in [0.2, 0.25) is 0 Å². The molecule has 604 valence electrons. The third kappa shape index (κ3) is 62.0. The van der Waals surface area contributed by atoms with Gasteiger partial charge in [0.1, 0.15) is 19.0 Å². The fourth-order valence-electron chi connectivity index (χ4n) is 8.96. The van der Waals surface area contributed by atoms with E-state index in [2.05, 4.69) is 53.4 Å². The fourth-order valence-corrected chi connectivity index (χ4v) is 8.96. The van der Waals surface area contributed by atoms with Crippen LogP contribution in [0.4, 0.5) is 0 Å². The summed E-state index contributed by atoms with van der Waals surface area (Å²) in [7, 11) is 0. The van der Waals surface area contributed by atoms with Gasteiger partial charge >= 0.3 is 5.97 Å². The molecule has 0 unspecified atom stereocenters. The fraction of sp³-hybridized carbons (Fsp3) is 0.679. The molecule has 28 nitrogen and oxygen atoms in total. The normalized spacial score (nSPS) is 11.6. The second kappa shape index (κ2) is 75.6. The molecule has 0 aliphatic rings. The third-order valence-corrected chi connectivity index (χ3v) is 14.4. The molecule has 106 heavy (non-hydrogen) atoms. The van der Waals surface area contributed by atoms with Crippen LogP contribution in [-0.2, 0) is 138 Å². The van der Waals surface area contributed by atoms with Crippen LogP contribution >= 0.6 is 0 Å². The molecular weight excluding hydrogens is 1380 g/mol. The summed E-state index contributed by atoms with van der Waals surface area (Å²) < 4.78 is 145. The highest BCUT2D eigenvalue weighted by molar-refractivity contribution is 5.89. The zero-order valence-corrected chi connectivity index (χ0v) is 62.9. The lowest BCUT2D eigenvalue weighted by Crippen LogP contribution is -2.27. The van der Waals surface area contributed by atoms with Gasteiger partial charge in [0.25, 0.3) is 0 Å². The van der Waals surface area contributed by atoms with Gasteiger partial charge in [0, 0.05) is 19.6 Å². The van der Waals surface area contributed by atoms with Gasteiger partial charge in [-0.1, -0.05) is 91.0 Å². The van der Waals surface area contributed by atoms with E-state index in [1.807, 2.05) is 42.5 Å². The molecule has 0 spiro atoms. The highest BCUT2D eigenvalue weighted by Crippen LogP contribution is 2.15. The average Bonchev–Trinajstić information content (AvgIpc) is 0.898. The molecule has 28 heteroatoms. The van der Waals surface area contributed by atoms with Crippen molar-refractivity contribution >= 4 is 5.97 Å². The van der Waals surface area contributed by atoms with Crippen molar-refractivity contribution in [2.75, 3.05) is 330 Å². The molecule has 0 saturated heterocycles. The maximum Gasteiger partial charge on any atom is 0.338 e. The van der Waals surface area contributed by atoms with Crippen molar-refractivity contribution in [3.05, 3.63) is 138 Å². The van der Waals surface area contributed by atoms with Gasteiger partial charge in [-0.3, -0.25) is 4.90 Å². The Kier molecular flexibility index (Phi) is 66.7. The highest BCUT2D eigenvalue weighted by Gasteiger charge is 2.10. The summed E-state index contributed by atoms with van der Waals surface area (Å²) in [5.41, 5.74) is 3.98. The number of benzene rings is 4. The summed E-state index contributed by atoms with van der Waals surface area (Å²) in [6, 6.07) is 37.4. The molecule has 4 rings (SSSR count). The Hall–Kier alpha value is -4.85. The van der Waals surface area contributed by atoms with Crippen LogP contribution in [0.25, 0.3) is 0 Å². The Labute approximate surface area is 629 Å². The summed E-state index contributed by atoms with van der Waals surface area (Å²) in [5.74, 6) is 0.264. The van der Waals surface area contributed by atoms with Crippen LogP contribution in [0.2, 0.25) is 0 Å². The number of rotatable bonds is 83. The minimum absolute atomic E-state index is 0.227. The number of ether oxygens (including phenoxy) is 26. The van der Waals surface area contributed by atoms with E-state index in [1.165, 1.54) is 11.1 Å². The van der Waals surface area contributed by atoms with Crippen molar-refractivity contribution in [1.29, 1.82) is 0 Å². The Morgan fingerprint density at radius 2 is 0.396 bits per heavy atom. The molecular formula is C78H125NO27. The maximum atomic E-state index is 12.3. The lowest BCUT2D eigenvalue weighted by Gasteiger charge is -2.22. The first-order chi connectivity index (χ1) is 52.8. The molecule has 4 aromatic rings. The first-order valence-corrected chi connectivity index (χ1v) is 37.4. The van der Waals surface area contributed by atoms with E-state index >= 15 is 0 Å². The molecule has 0 bridgehead atoms. The van der Waals surface area contributed by atoms with Crippen molar-refractivity contribution in [3.63, 3.8) is 0 Å². The average molecular weight is 1510 g/mol. The number of carbonyl (C=O) groups is 1. The SMILES string of the molecule is O=C(OCc1ccccc1)c1ccc(OCCOCCOCCOCCOCCOCCOCCOCCOCCOCCOCCOCCOCCOCCOCCOCCOCCOCCOCCOCCOCCOCCOCCOCCOCCN(Cc2ccccc2)Cc2ccccc2)cc1. The Morgan fingerprint density at radius 3 is 0.613 bits per heavy atom. The van der Waals surface area contributed by atoms with E-state index in [9.17, 15) is 4.79 Å². The predicted octanol–water partition coefficient (Wildman–Crippen LogP) is 6.52. The van der Waals surface area contributed by atoms with Crippen molar-refractivity contribution < 1.29 is 128 Å². The summed E-state index contributed by atoms with van der Waals surface area (Å²) in [6.07, 6.45) is 0. The van der Waals surface area contributed by atoms with E-state index < -0.39 is 0 Å². The van der Waals surface area contributed by atoms with Gasteiger partial charge in [0.05, 0.1) is 323 Å². The standard InChI is InChI=1S/C78H125NO27/c80-78(106-72-75-14-8-3-9-15-75)76-16-18-77(19-17-76)105-69-68-104-67-66-103-65-64-102-63-62-101-61-60-100-59-58-99-57-56-98-55-54-97-53-52-96-51-50-95-49-48-94-47-46-93-45-44-92-43-42-91-41-40-90-39-38-89-37-36-88-35-34-87-33-32-86-31-30-85-29-28-84-27-26-83-25-24-82-23-22-81-21-20-79(70-73-10-4-1-5-11-73)71-74-12-6-2-7-13-74/h1-19H,20-72H2. The lowest BCUT2D eigenvalue weighted by molar-refractivity contribution is -0.0320. The van der Waals surface area contributed by atoms with Gasteiger partial charge in [-0.15, -0.1) is 0 Å². The molecule has 0 aliphatic heterocycles. The van der Waals surface area contributed by atoms with E-state index in [4.69, 9.17) is 123 Å². The first kappa shape index (κ1) is 93.5. The van der Waals surface area contributed by atoms with Gasteiger partial charge < -0.3 is 123 Å². The molecule has 0 aromatic heterocycles. The minimum Gasteiger partial charge on any atom is -0.491 e. The molecule has 0 N–H and O–H groups in total. The largest absolute Gasteiger partial charge is 0.491 e. The Balaban J connectivity index is 0.695. The van der Waals surface area contributed by atoms with Crippen LogP contribution in [0.5, 0.6) is 5.75 Å². The first-order valence-electron chi connectivity index (χ1n) is 37.4. The molecule has 4 aromatic carbocycles. The maximum absolute atomic E-state index is 12.3.